The maximum atomic E-state index is 9.02. The largest absolute Gasteiger partial charge is 0.240 e. The van der Waals surface area contributed by atoms with E-state index in [1.165, 1.54) is 16.6 Å². The number of nitrogens with zero attached hydrogens (tertiary/aromatic N) is 4. The molecule has 0 fully saturated rings. The van der Waals surface area contributed by atoms with Crippen LogP contribution in [0.3, 0.4) is 0 Å². The van der Waals surface area contributed by atoms with Gasteiger partial charge in [0.25, 0.3) is 0 Å². The maximum Gasteiger partial charge on any atom is 0.177 e. The highest BCUT2D eigenvalue weighted by Crippen LogP contribution is 2.28. The third-order valence-electron chi connectivity index (χ3n) is 3.12. The van der Waals surface area contributed by atoms with Crippen LogP contribution in [0, 0.1) is 22.7 Å². The lowest BCUT2D eigenvalue weighted by molar-refractivity contribution is 1.14. The summed E-state index contributed by atoms with van der Waals surface area (Å²) in [5, 5.41) is 17.9. The molecule has 0 aliphatic rings. The van der Waals surface area contributed by atoms with Crippen LogP contribution in [0.4, 0.5) is 0 Å². The third-order valence-corrected chi connectivity index (χ3v) is 4.23. The van der Waals surface area contributed by atoms with Crippen molar-refractivity contribution < 1.29 is 0 Å². The van der Waals surface area contributed by atoms with E-state index in [0.717, 1.165) is 11.3 Å². The lowest BCUT2D eigenvalue weighted by Crippen LogP contribution is -1.94. The molecule has 0 aliphatic heterocycles. The van der Waals surface area contributed by atoms with E-state index in [2.05, 4.69) is 28.2 Å². The van der Waals surface area contributed by atoms with E-state index >= 15 is 0 Å². The Labute approximate surface area is 132 Å². The van der Waals surface area contributed by atoms with E-state index in [0.29, 0.717) is 5.69 Å². The summed E-state index contributed by atoms with van der Waals surface area (Å²) < 4.78 is 0. The molecule has 1 aromatic carbocycles. The predicted octanol–water partition coefficient (Wildman–Crippen LogP) is 3.54. The van der Waals surface area contributed by atoms with Crippen LogP contribution < -0.4 is 0 Å². The number of hydrogen-bond donors (Lipinski definition) is 0. The lowest BCUT2D eigenvalue weighted by atomic mass is 10.1. The first-order chi connectivity index (χ1) is 10.8. The highest BCUT2D eigenvalue weighted by Gasteiger charge is 2.10. The molecule has 2 aromatic heterocycles. The zero-order valence-electron chi connectivity index (χ0n) is 11.5. The van der Waals surface area contributed by atoms with Gasteiger partial charge in [-0.05, 0) is 17.7 Å². The molecule has 22 heavy (non-hydrogen) atoms. The quantitative estimate of drug-likeness (QED) is 0.741. The van der Waals surface area contributed by atoms with E-state index in [1.54, 1.807) is 11.3 Å². The fourth-order valence-corrected chi connectivity index (χ4v) is 3.07. The van der Waals surface area contributed by atoms with Crippen LogP contribution in [0.1, 0.15) is 21.8 Å². The highest BCUT2D eigenvalue weighted by atomic mass is 32.1. The van der Waals surface area contributed by atoms with Crippen LogP contribution in [-0.2, 0) is 6.42 Å². The summed E-state index contributed by atoms with van der Waals surface area (Å²) in [6, 6.07) is 18.0. The summed E-state index contributed by atoms with van der Waals surface area (Å²) in [7, 11) is 0. The molecule has 0 N–H and O–H groups in total. The Bertz CT molecular complexity index is 885. The standard InChI is InChI=1S/C17H10N4S/c18-9-14-15(10-19)21-16(11-20-14)17-7-6-13(22-17)8-12-4-2-1-3-5-12/h1-7,11H,8H2. The molecule has 104 valence electrons. The van der Waals surface area contributed by atoms with Crippen LogP contribution in [0.25, 0.3) is 10.6 Å². The van der Waals surface area contributed by atoms with Crippen LogP contribution in [0.15, 0.2) is 48.7 Å². The molecule has 4 nitrogen and oxygen atoms in total. The van der Waals surface area contributed by atoms with Gasteiger partial charge < -0.3 is 0 Å². The molecule has 0 atom stereocenters. The van der Waals surface area contributed by atoms with E-state index in [4.69, 9.17) is 10.5 Å². The summed E-state index contributed by atoms with van der Waals surface area (Å²) in [5.74, 6) is 0. The van der Waals surface area contributed by atoms with Crippen molar-refractivity contribution in [2.75, 3.05) is 0 Å². The maximum absolute atomic E-state index is 9.02. The molecule has 0 radical (unpaired) electrons. The van der Waals surface area contributed by atoms with Crippen LogP contribution >= 0.6 is 11.3 Å². The Morgan fingerprint density at radius 2 is 1.73 bits per heavy atom. The first-order valence-corrected chi connectivity index (χ1v) is 7.42. The summed E-state index contributed by atoms with van der Waals surface area (Å²) in [6.07, 6.45) is 2.40. The van der Waals surface area contributed by atoms with Crippen LogP contribution in [0.2, 0.25) is 0 Å². The van der Waals surface area contributed by atoms with Gasteiger partial charge in [-0.25, -0.2) is 9.97 Å². The van der Waals surface area contributed by atoms with Gasteiger partial charge in [-0.3, -0.25) is 0 Å². The second-order valence-corrected chi connectivity index (χ2v) is 5.77. The number of thiophene rings is 1. The Kier molecular flexibility index (Phi) is 3.91. The van der Waals surface area contributed by atoms with Gasteiger partial charge in [0.05, 0.1) is 11.1 Å². The van der Waals surface area contributed by atoms with E-state index < -0.39 is 0 Å². The molecule has 3 rings (SSSR count). The van der Waals surface area contributed by atoms with Crippen molar-refractivity contribution in [1.29, 1.82) is 10.5 Å². The predicted molar refractivity (Wildman–Crippen MR) is 84.0 cm³/mol. The fraction of sp³-hybridized carbons (Fsp3) is 0.0588. The zero-order valence-corrected chi connectivity index (χ0v) is 12.3. The number of rotatable bonds is 3. The molecule has 0 spiro atoms. The van der Waals surface area contributed by atoms with Gasteiger partial charge in [0, 0.05) is 11.3 Å². The number of benzene rings is 1. The first-order valence-electron chi connectivity index (χ1n) is 6.60. The van der Waals surface area contributed by atoms with Gasteiger partial charge in [0.15, 0.2) is 11.4 Å². The molecule has 0 aliphatic carbocycles. The lowest BCUT2D eigenvalue weighted by Gasteiger charge is -1.99. The highest BCUT2D eigenvalue weighted by molar-refractivity contribution is 7.15. The second kappa shape index (κ2) is 6.17. The van der Waals surface area contributed by atoms with Crippen LogP contribution in [-0.4, -0.2) is 9.97 Å². The molecule has 3 aromatic rings. The Morgan fingerprint density at radius 1 is 0.955 bits per heavy atom. The minimum absolute atomic E-state index is 0.0623. The monoisotopic (exact) mass is 302 g/mol. The Balaban J connectivity index is 1.88. The number of hydrogen-bond acceptors (Lipinski definition) is 5. The Hall–Kier alpha value is -3.02. The van der Waals surface area contributed by atoms with E-state index in [-0.39, 0.29) is 11.4 Å². The van der Waals surface area contributed by atoms with Crippen molar-refractivity contribution in [3.63, 3.8) is 0 Å². The minimum Gasteiger partial charge on any atom is -0.240 e. The molecule has 0 unspecified atom stereocenters. The number of nitriles is 2. The summed E-state index contributed by atoms with van der Waals surface area (Å²) >= 11 is 1.62. The van der Waals surface area contributed by atoms with Crippen LogP contribution in [0.5, 0.6) is 0 Å². The third kappa shape index (κ3) is 2.85. The molecule has 0 saturated heterocycles. The van der Waals surface area contributed by atoms with E-state index in [1.807, 2.05) is 36.4 Å². The smallest absolute Gasteiger partial charge is 0.177 e. The van der Waals surface area contributed by atoms with Gasteiger partial charge in [0.1, 0.15) is 17.8 Å². The summed E-state index contributed by atoms with van der Waals surface area (Å²) in [5.41, 5.74) is 2.00. The summed E-state index contributed by atoms with van der Waals surface area (Å²) in [4.78, 5) is 10.4. The molecule has 0 amide bonds. The second-order valence-electron chi connectivity index (χ2n) is 4.60. The van der Waals surface area contributed by atoms with Gasteiger partial charge in [-0.1, -0.05) is 30.3 Å². The molecular formula is C17H10N4S. The Morgan fingerprint density at radius 3 is 2.45 bits per heavy atom. The molecule has 0 bridgehead atoms. The van der Waals surface area contributed by atoms with E-state index in [9.17, 15) is 0 Å². The average molecular weight is 302 g/mol. The van der Waals surface area contributed by atoms with Gasteiger partial charge in [-0.2, -0.15) is 10.5 Å². The zero-order chi connectivity index (χ0) is 15.4. The van der Waals surface area contributed by atoms with Gasteiger partial charge in [-0.15, -0.1) is 11.3 Å². The molecular weight excluding hydrogens is 292 g/mol. The van der Waals surface area contributed by atoms with Gasteiger partial charge in [0.2, 0.25) is 0 Å². The number of aromatic nitrogens is 2. The first kappa shape index (κ1) is 13.9. The average Bonchev–Trinajstić information content (AvgIpc) is 3.03. The molecule has 2 heterocycles. The van der Waals surface area contributed by atoms with Crippen molar-refractivity contribution in [1.82, 2.24) is 9.97 Å². The van der Waals surface area contributed by atoms with Crippen molar-refractivity contribution in [2.24, 2.45) is 0 Å². The topological polar surface area (TPSA) is 73.4 Å². The molecule has 5 heteroatoms. The van der Waals surface area contributed by atoms with Crippen molar-refractivity contribution >= 4 is 11.3 Å². The minimum atomic E-state index is 0.0623. The van der Waals surface area contributed by atoms with Crippen molar-refractivity contribution in [2.45, 2.75) is 6.42 Å². The molecule has 0 saturated carbocycles. The SMILES string of the molecule is N#Cc1ncc(-c2ccc(Cc3ccccc3)s2)nc1C#N. The van der Waals surface area contributed by atoms with Gasteiger partial charge >= 0.3 is 0 Å². The van der Waals surface area contributed by atoms with Crippen molar-refractivity contribution in [3.8, 4) is 22.7 Å². The fourth-order valence-electron chi connectivity index (χ4n) is 2.08. The summed E-state index contributed by atoms with van der Waals surface area (Å²) in [6.45, 7) is 0. The normalized spacial score (nSPS) is 9.91. The van der Waals surface area contributed by atoms with Crippen molar-refractivity contribution in [3.05, 3.63) is 70.5 Å².